The molecule has 0 fully saturated rings. The summed E-state index contributed by atoms with van der Waals surface area (Å²) >= 11 is 0. The molecule has 0 aliphatic carbocycles. The molecule has 0 amide bonds. The van der Waals surface area contributed by atoms with E-state index in [0.29, 0.717) is 12.5 Å². The summed E-state index contributed by atoms with van der Waals surface area (Å²) in [5.74, 6) is 2.24. The van der Waals surface area contributed by atoms with Gasteiger partial charge in [0, 0.05) is 18.0 Å². The minimum absolute atomic E-state index is 0.355. The van der Waals surface area contributed by atoms with E-state index < -0.39 is 0 Å². The molecule has 0 atom stereocenters. The Balaban J connectivity index is 2.59. The Hall–Kier alpha value is -1.81. The molecule has 0 aliphatic rings. The van der Waals surface area contributed by atoms with Gasteiger partial charge in [-0.25, -0.2) is 4.98 Å². The van der Waals surface area contributed by atoms with Gasteiger partial charge in [0.15, 0.2) is 0 Å². The van der Waals surface area contributed by atoms with Gasteiger partial charge in [-0.2, -0.15) is 0 Å². The molecule has 1 aromatic carbocycles. The number of aromatic nitrogens is 2. The van der Waals surface area contributed by atoms with Crippen LogP contribution in [0.4, 0.5) is 0 Å². The molecule has 0 saturated carbocycles. The molecule has 108 valence electrons. The molecule has 2 aromatic rings. The predicted octanol–water partition coefficient (Wildman–Crippen LogP) is 3.28. The third kappa shape index (κ3) is 2.43. The lowest BCUT2D eigenvalue weighted by Gasteiger charge is -2.12. The first-order valence-electron chi connectivity index (χ1n) is 6.93. The molecule has 0 bridgehead atoms. The molecule has 1 heterocycles. The molecule has 0 unspecified atom stereocenters. The fourth-order valence-corrected chi connectivity index (χ4v) is 2.35. The summed E-state index contributed by atoms with van der Waals surface area (Å²) in [5, 5.41) is 0. The number of rotatable bonds is 4. The Morgan fingerprint density at radius 2 is 1.95 bits per heavy atom. The van der Waals surface area contributed by atoms with Gasteiger partial charge in [-0.15, -0.1) is 0 Å². The number of nitrogens with zero attached hydrogens (tertiary/aromatic N) is 1. The highest BCUT2D eigenvalue weighted by Gasteiger charge is 2.16. The highest BCUT2D eigenvalue weighted by Crippen LogP contribution is 2.32. The van der Waals surface area contributed by atoms with E-state index in [4.69, 9.17) is 15.5 Å². The summed E-state index contributed by atoms with van der Waals surface area (Å²) < 4.78 is 5.36. The molecule has 0 saturated heterocycles. The van der Waals surface area contributed by atoms with Crippen molar-refractivity contribution in [2.75, 3.05) is 7.11 Å². The molecule has 2 rings (SSSR count). The van der Waals surface area contributed by atoms with Gasteiger partial charge in [0.05, 0.1) is 18.5 Å². The number of H-pyrrole nitrogens is 1. The number of methoxy groups -OCH3 is 1. The van der Waals surface area contributed by atoms with Crippen molar-refractivity contribution in [2.24, 2.45) is 5.73 Å². The standard InChI is InChI=1S/C16H23N3O/c1-9(2)16-18-13(8-17)15(19-16)12-6-7-14(20-5)11(4)10(12)3/h6-7,9H,8,17H2,1-5H3,(H,18,19). The van der Waals surface area contributed by atoms with Crippen LogP contribution in [0.5, 0.6) is 5.75 Å². The maximum absolute atomic E-state index is 5.85. The molecular formula is C16H23N3O. The zero-order valence-electron chi connectivity index (χ0n) is 12.9. The van der Waals surface area contributed by atoms with E-state index in [1.165, 1.54) is 5.56 Å². The maximum Gasteiger partial charge on any atom is 0.122 e. The van der Waals surface area contributed by atoms with Gasteiger partial charge in [-0.3, -0.25) is 0 Å². The molecule has 0 spiro atoms. The van der Waals surface area contributed by atoms with Gasteiger partial charge < -0.3 is 15.5 Å². The number of aromatic amines is 1. The summed E-state index contributed by atoms with van der Waals surface area (Å²) in [4.78, 5) is 8.07. The number of nitrogens with one attached hydrogen (secondary N) is 1. The SMILES string of the molecule is COc1ccc(-c2nc(C(C)C)[nH]c2CN)c(C)c1C. The summed E-state index contributed by atoms with van der Waals surface area (Å²) in [7, 11) is 1.69. The lowest BCUT2D eigenvalue weighted by Crippen LogP contribution is -2.00. The van der Waals surface area contributed by atoms with Gasteiger partial charge >= 0.3 is 0 Å². The first kappa shape index (κ1) is 14.6. The average molecular weight is 273 g/mol. The van der Waals surface area contributed by atoms with E-state index in [0.717, 1.165) is 34.1 Å². The summed E-state index contributed by atoms with van der Waals surface area (Å²) in [5.41, 5.74) is 11.2. The number of benzene rings is 1. The Morgan fingerprint density at radius 1 is 1.25 bits per heavy atom. The third-order valence-electron chi connectivity index (χ3n) is 3.76. The van der Waals surface area contributed by atoms with Crippen LogP contribution in [0.1, 0.15) is 42.4 Å². The monoisotopic (exact) mass is 273 g/mol. The van der Waals surface area contributed by atoms with Crippen LogP contribution in [0.2, 0.25) is 0 Å². The van der Waals surface area contributed by atoms with E-state index >= 15 is 0 Å². The second-order valence-corrected chi connectivity index (χ2v) is 5.37. The summed E-state index contributed by atoms with van der Waals surface area (Å²) in [6, 6.07) is 4.04. The maximum atomic E-state index is 5.85. The molecule has 3 N–H and O–H groups in total. The van der Waals surface area contributed by atoms with Gasteiger partial charge in [-0.1, -0.05) is 13.8 Å². The Morgan fingerprint density at radius 3 is 2.50 bits per heavy atom. The van der Waals surface area contributed by atoms with Crippen molar-refractivity contribution in [1.29, 1.82) is 0 Å². The lowest BCUT2D eigenvalue weighted by molar-refractivity contribution is 0.411. The number of hydrogen-bond donors (Lipinski definition) is 2. The van der Waals surface area contributed by atoms with Gasteiger partial charge in [0.2, 0.25) is 0 Å². The fourth-order valence-electron chi connectivity index (χ4n) is 2.35. The van der Waals surface area contributed by atoms with E-state index in [1.54, 1.807) is 7.11 Å². The third-order valence-corrected chi connectivity index (χ3v) is 3.76. The Bertz CT molecular complexity index is 614. The fraction of sp³-hybridized carbons (Fsp3) is 0.438. The highest BCUT2D eigenvalue weighted by atomic mass is 16.5. The molecule has 0 radical (unpaired) electrons. The first-order valence-corrected chi connectivity index (χ1v) is 6.93. The molecular weight excluding hydrogens is 250 g/mol. The van der Waals surface area contributed by atoms with Crippen molar-refractivity contribution in [3.63, 3.8) is 0 Å². The quantitative estimate of drug-likeness (QED) is 0.898. The van der Waals surface area contributed by atoms with E-state index in [1.807, 2.05) is 6.07 Å². The molecule has 4 heteroatoms. The second kappa shape index (κ2) is 5.67. The zero-order valence-corrected chi connectivity index (χ0v) is 12.9. The Kier molecular flexibility index (Phi) is 4.14. The molecule has 1 aromatic heterocycles. The molecule has 20 heavy (non-hydrogen) atoms. The lowest BCUT2D eigenvalue weighted by atomic mass is 9.99. The van der Waals surface area contributed by atoms with E-state index in [-0.39, 0.29) is 0 Å². The number of nitrogens with two attached hydrogens (primary N) is 1. The minimum Gasteiger partial charge on any atom is -0.496 e. The Labute approximate surface area is 120 Å². The van der Waals surface area contributed by atoms with Crippen molar-refractivity contribution in [3.05, 3.63) is 34.8 Å². The van der Waals surface area contributed by atoms with Crippen LogP contribution in [-0.4, -0.2) is 17.1 Å². The summed E-state index contributed by atoms with van der Waals surface area (Å²) in [6.45, 7) is 8.86. The van der Waals surface area contributed by atoms with Crippen molar-refractivity contribution in [3.8, 4) is 17.0 Å². The van der Waals surface area contributed by atoms with Crippen LogP contribution in [0.15, 0.2) is 12.1 Å². The van der Waals surface area contributed by atoms with E-state index in [2.05, 4.69) is 38.7 Å². The van der Waals surface area contributed by atoms with Crippen LogP contribution >= 0.6 is 0 Å². The van der Waals surface area contributed by atoms with Crippen LogP contribution in [0, 0.1) is 13.8 Å². The van der Waals surface area contributed by atoms with Gasteiger partial charge in [0.1, 0.15) is 11.6 Å². The normalized spacial score (nSPS) is 11.2. The van der Waals surface area contributed by atoms with Crippen LogP contribution in [-0.2, 0) is 6.54 Å². The van der Waals surface area contributed by atoms with Crippen molar-refractivity contribution < 1.29 is 4.74 Å². The second-order valence-electron chi connectivity index (χ2n) is 5.37. The highest BCUT2D eigenvalue weighted by molar-refractivity contribution is 5.69. The predicted molar refractivity (Wildman–Crippen MR) is 82.0 cm³/mol. The average Bonchev–Trinajstić information content (AvgIpc) is 2.86. The first-order chi connectivity index (χ1) is 9.49. The van der Waals surface area contributed by atoms with Gasteiger partial charge in [-0.05, 0) is 37.1 Å². The topological polar surface area (TPSA) is 63.9 Å². The van der Waals surface area contributed by atoms with Crippen LogP contribution < -0.4 is 10.5 Å². The van der Waals surface area contributed by atoms with Crippen molar-refractivity contribution in [1.82, 2.24) is 9.97 Å². The van der Waals surface area contributed by atoms with E-state index in [9.17, 15) is 0 Å². The number of hydrogen-bond acceptors (Lipinski definition) is 3. The number of imidazole rings is 1. The molecule has 4 nitrogen and oxygen atoms in total. The molecule has 0 aliphatic heterocycles. The van der Waals surface area contributed by atoms with Crippen LogP contribution in [0.3, 0.4) is 0 Å². The van der Waals surface area contributed by atoms with Crippen molar-refractivity contribution in [2.45, 2.75) is 40.2 Å². The minimum atomic E-state index is 0.355. The largest absolute Gasteiger partial charge is 0.496 e. The van der Waals surface area contributed by atoms with Crippen LogP contribution in [0.25, 0.3) is 11.3 Å². The smallest absolute Gasteiger partial charge is 0.122 e. The zero-order chi connectivity index (χ0) is 14.9. The van der Waals surface area contributed by atoms with Gasteiger partial charge in [0.25, 0.3) is 0 Å². The number of ether oxygens (including phenoxy) is 1. The van der Waals surface area contributed by atoms with Crippen molar-refractivity contribution >= 4 is 0 Å². The summed E-state index contributed by atoms with van der Waals surface area (Å²) in [6.07, 6.45) is 0.